The number of benzene rings is 2. The van der Waals surface area contributed by atoms with Crippen molar-refractivity contribution in [3.8, 4) is 0 Å². The first-order chi connectivity index (χ1) is 11.7. The van der Waals surface area contributed by atoms with Crippen LogP contribution in [0.3, 0.4) is 0 Å². The number of halogens is 5. The largest absolute Gasteiger partial charge is 0.478 e. The van der Waals surface area contributed by atoms with Crippen LogP contribution in [-0.4, -0.2) is 22.9 Å². The number of hydrogen-bond donors (Lipinski definition) is 1. The van der Waals surface area contributed by atoms with E-state index in [1.54, 1.807) is 12.1 Å². The number of carboxylic acids is 1. The van der Waals surface area contributed by atoms with Gasteiger partial charge in [-0.15, -0.1) is 11.6 Å². The summed E-state index contributed by atoms with van der Waals surface area (Å²) in [6.07, 6.45) is -0.907. The zero-order valence-corrected chi connectivity index (χ0v) is 16.0. The molecule has 25 heavy (non-hydrogen) atoms. The summed E-state index contributed by atoms with van der Waals surface area (Å²) in [5.41, 5.74) is -0.150. The summed E-state index contributed by atoms with van der Waals surface area (Å²) in [7, 11) is 0. The van der Waals surface area contributed by atoms with Gasteiger partial charge in [0.2, 0.25) is 0 Å². The highest BCUT2D eigenvalue weighted by Crippen LogP contribution is 2.32. The Kier molecular flexibility index (Phi) is 6.83. The van der Waals surface area contributed by atoms with Crippen LogP contribution in [0.15, 0.2) is 30.3 Å². The third-order valence-corrected chi connectivity index (χ3v) is 4.77. The molecule has 0 aliphatic rings. The number of hydrogen-bond acceptors (Lipinski definition) is 3. The number of carboxylic acid groups (broad SMARTS) is 1. The van der Waals surface area contributed by atoms with Crippen molar-refractivity contribution in [2.24, 2.45) is 0 Å². The summed E-state index contributed by atoms with van der Waals surface area (Å²) in [6, 6.07) is 6.82. The summed E-state index contributed by atoms with van der Waals surface area (Å²) < 4.78 is 5.31. The molecule has 1 unspecified atom stereocenters. The summed E-state index contributed by atoms with van der Waals surface area (Å²) in [5, 5.41) is 9.94. The zero-order valence-electron chi connectivity index (χ0n) is 12.2. The van der Waals surface area contributed by atoms with Crippen molar-refractivity contribution in [1.29, 1.82) is 0 Å². The van der Waals surface area contributed by atoms with E-state index in [1.165, 1.54) is 6.07 Å². The molecule has 0 saturated heterocycles. The standard InChI is InChI=1S/C16H9Cl5O4/c17-6-14(8-2-1-7(18)3-11(8)19)25-16(24)10-5-13(21)12(20)4-9(10)15(22)23/h1-5,14H,6H2,(H,22,23). The van der Waals surface area contributed by atoms with E-state index < -0.39 is 18.0 Å². The van der Waals surface area contributed by atoms with E-state index in [2.05, 4.69) is 0 Å². The Morgan fingerprint density at radius 1 is 0.960 bits per heavy atom. The van der Waals surface area contributed by atoms with Crippen LogP contribution in [0.4, 0.5) is 0 Å². The van der Waals surface area contributed by atoms with Crippen molar-refractivity contribution in [3.05, 3.63) is 67.1 Å². The van der Waals surface area contributed by atoms with Gasteiger partial charge in [0.25, 0.3) is 0 Å². The lowest BCUT2D eigenvalue weighted by atomic mass is 10.1. The molecule has 4 nitrogen and oxygen atoms in total. The van der Waals surface area contributed by atoms with Crippen LogP contribution < -0.4 is 0 Å². The van der Waals surface area contributed by atoms with Crippen molar-refractivity contribution in [1.82, 2.24) is 0 Å². The van der Waals surface area contributed by atoms with Gasteiger partial charge in [0, 0.05) is 15.6 Å². The maximum atomic E-state index is 12.4. The number of carbonyl (C=O) groups excluding carboxylic acids is 1. The Labute approximate surface area is 168 Å². The summed E-state index contributed by atoms with van der Waals surface area (Å²) >= 11 is 29.5. The van der Waals surface area contributed by atoms with Gasteiger partial charge in [-0.1, -0.05) is 52.5 Å². The van der Waals surface area contributed by atoms with Gasteiger partial charge < -0.3 is 9.84 Å². The number of esters is 1. The van der Waals surface area contributed by atoms with Gasteiger partial charge in [-0.3, -0.25) is 0 Å². The Hall–Kier alpha value is -1.17. The fourth-order valence-electron chi connectivity index (χ4n) is 2.03. The molecule has 0 spiro atoms. The minimum absolute atomic E-state index is 0.00487. The quantitative estimate of drug-likeness (QED) is 0.447. The van der Waals surface area contributed by atoms with E-state index in [-0.39, 0.29) is 32.1 Å². The van der Waals surface area contributed by atoms with Crippen molar-refractivity contribution in [2.75, 3.05) is 5.88 Å². The van der Waals surface area contributed by atoms with Crippen LogP contribution in [0.5, 0.6) is 0 Å². The second-order valence-electron chi connectivity index (χ2n) is 4.83. The highest BCUT2D eigenvalue weighted by atomic mass is 35.5. The highest BCUT2D eigenvalue weighted by molar-refractivity contribution is 6.42. The first-order valence-corrected chi connectivity index (χ1v) is 8.73. The second kappa shape index (κ2) is 8.47. The SMILES string of the molecule is O=C(O)c1cc(Cl)c(Cl)cc1C(=O)OC(CCl)c1ccc(Cl)cc1Cl. The highest BCUT2D eigenvalue weighted by Gasteiger charge is 2.25. The number of aromatic carboxylic acids is 1. The van der Waals surface area contributed by atoms with Crippen LogP contribution in [0.2, 0.25) is 20.1 Å². The van der Waals surface area contributed by atoms with Crippen LogP contribution in [0.1, 0.15) is 32.4 Å². The van der Waals surface area contributed by atoms with Crippen molar-refractivity contribution < 1.29 is 19.4 Å². The molecule has 0 fully saturated rings. The molecule has 0 heterocycles. The fraction of sp³-hybridized carbons (Fsp3) is 0.125. The molecule has 0 aromatic heterocycles. The van der Waals surface area contributed by atoms with Gasteiger partial charge in [-0.25, -0.2) is 9.59 Å². The summed E-state index contributed by atoms with van der Waals surface area (Å²) in [5.74, 6) is -2.37. The lowest BCUT2D eigenvalue weighted by Crippen LogP contribution is -2.16. The number of rotatable bonds is 5. The van der Waals surface area contributed by atoms with Crippen molar-refractivity contribution in [3.63, 3.8) is 0 Å². The van der Waals surface area contributed by atoms with E-state index in [4.69, 9.17) is 62.7 Å². The number of ether oxygens (including phenoxy) is 1. The monoisotopic (exact) mass is 440 g/mol. The van der Waals surface area contributed by atoms with Crippen molar-refractivity contribution >= 4 is 69.9 Å². The maximum absolute atomic E-state index is 12.4. The van der Waals surface area contributed by atoms with E-state index in [9.17, 15) is 14.7 Å². The van der Waals surface area contributed by atoms with Crippen LogP contribution in [0, 0.1) is 0 Å². The molecule has 2 rings (SSSR count). The molecule has 2 aromatic carbocycles. The summed E-state index contributed by atoms with van der Waals surface area (Å²) in [4.78, 5) is 23.8. The molecule has 132 valence electrons. The number of carbonyl (C=O) groups is 2. The smallest absolute Gasteiger partial charge is 0.339 e. The molecule has 1 N–H and O–H groups in total. The molecule has 0 amide bonds. The Morgan fingerprint density at radius 3 is 2.08 bits per heavy atom. The minimum Gasteiger partial charge on any atom is -0.478 e. The van der Waals surface area contributed by atoms with Gasteiger partial charge in [0.05, 0.1) is 27.1 Å². The average Bonchev–Trinajstić information content (AvgIpc) is 2.54. The number of alkyl halides is 1. The van der Waals surface area contributed by atoms with Gasteiger partial charge in [0.15, 0.2) is 0 Å². The molecule has 0 aliphatic carbocycles. The van der Waals surface area contributed by atoms with Gasteiger partial charge in [-0.2, -0.15) is 0 Å². The van der Waals surface area contributed by atoms with E-state index >= 15 is 0 Å². The van der Waals surface area contributed by atoms with Crippen LogP contribution in [-0.2, 0) is 4.74 Å². The lowest BCUT2D eigenvalue weighted by molar-refractivity contribution is 0.0338. The Morgan fingerprint density at radius 2 is 1.56 bits per heavy atom. The van der Waals surface area contributed by atoms with Gasteiger partial charge in [-0.05, 0) is 24.3 Å². The minimum atomic E-state index is -1.35. The van der Waals surface area contributed by atoms with E-state index in [0.717, 1.165) is 12.1 Å². The van der Waals surface area contributed by atoms with Crippen molar-refractivity contribution in [2.45, 2.75) is 6.10 Å². The van der Waals surface area contributed by atoms with E-state index in [0.29, 0.717) is 10.6 Å². The van der Waals surface area contributed by atoms with Gasteiger partial charge >= 0.3 is 11.9 Å². The molecule has 9 heteroatoms. The molecule has 1 atom stereocenters. The second-order valence-corrected chi connectivity index (χ2v) is 6.80. The summed E-state index contributed by atoms with van der Waals surface area (Å²) in [6.45, 7) is 0. The maximum Gasteiger partial charge on any atom is 0.339 e. The predicted molar refractivity (Wildman–Crippen MR) is 98.8 cm³/mol. The van der Waals surface area contributed by atoms with E-state index in [1.807, 2.05) is 0 Å². The normalized spacial score (nSPS) is 11.9. The Balaban J connectivity index is 2.37. The lowest BCUT2D eigenvalue weighted by Gasteiger charge is -2.18. The topological polar surface area (TPSA) is 63.6 Å². The van der Waals surface area contributed by atoms with Crippen LogP contribution >= 0.6 is 58.0 Å². The average molecular weight is 443 g/mol. The molecule has 0 radical (unpaired) electrons. The first-order valence-electron chi connectivity index (χ1n) is 6.68. The predicted octanol–water partition coefficient (Wildman–Crippen LogP) is 6.14. The Bertz CT molecular complexity index is 838. The van der Waals surface area contributed by atoms with Gasteiger partial charge in [0.1, 0.15) is 6.10 Å². The van der Waals surface area contributed by atoms with Crippen LogP contribution in [0.25, 0.3) is 0 Å². The molecule has 0 bridgehead atoms. The molecular formula is C16H9Cl5O4. The molecular weight excluding hydrogens is 433 g/mol. The first kappa shape index (κ1) is 20.1. The third-order valence-electron chi connectivity index (χ3n) is 3.21. The molecule has 0 saturated carbocycles. The molecule has 0 aliphatic heterocycles. The third kappa shape index (κ3) is 4.72. The fourth-order valence-corrected chi connectivity index (χ4v) is 3.11. The molecule has 2 aromatic rings. The zero-order chi connectivity index (χ0) is 18.7.